The molecule has 0 aliphatic carbocycles. The Bertz CT molecular complexity index is 537. The number of nitrogen functional groups attached to an aromatic ring is 1. The third-order valence-corrected chi connectivity index (χ3v) is 2.87. The molecule has 0 atom stereocenters. The maximum Gasteiger partial charge on any atom is 0.0912 e. The molecule has 0 unspecified atom stereocenters. The van der Waals surface area contributed by atoms with Crippen molar-refractivity contribution in [2.45, 2.75) is 20.3 Å². The lowest BCUT2D eigenvalue weighted by molar-refractivity contribution is 1.05. The number of aryl methyl sites for hydroxylation is 2. The predicted octanol–water partition coefficient (Wildman–Crippen LogP) is 3.04. The van der Waals surface area contributed by atoms with E-state index in [-0.39, 0.29) is 0 Å². The Labute approximate surface area is 99.6 Å². The van der Waals surface area contributed by atoms with Gasteiger partial charge in [0.05, 0.1) is 16.2 Å². The van der Waals surface area contributed by atoms with Crippen molar-refractivity contribution in [2.24, 2.45) is 5.84 Å². The number of hydrogen-bond donors (Lipinski definition) is 2. The summed E-state index contributed by atoms with van der Waals surface area (Å²) in [6, 6.07) is 5.90. The summed E-state index contributed by atoms with van der Waals surface area (Å²) in [5.74, 6) is 5.52. The number of fused-ring (bicyclic) bond motifs is 1. The van der Waals surface area contributed by atoms with Gasteiger partial charge in [0.25, 0.3) is 0 Å². The fraction of sp³-hybridized carbons (Fsp3) is 0.250. The van der Waals surface area contributed by atoms with Gasteiger partial charge in [-0.2, -0.15) is 0 Å². The van der Waals surface area contributed by atoms with Gasteiger partial charge in [-0.15, -0.1) is 0 Å². The first-order chi connectivity index (χ1) is 7.65. The second-order valence-electron chi connectivity index (χ2n) is 3.80. The molecule has 3 N–H and O–H groups in total. The van der Waals surface area contributed by atoms with Crippen LogP contribution in [-0.4, -0.2) is 4.98 Å². The fourth-order valence-corrected chi connectivity index (χ4v) is 2.09. The van der Waals surface area contributed by atoms with Crippen LogP contribution < -0.4 is 11.3 Å². The molecule has 4 heteroatoms. The number of rotatable bonds is 2. The number of nitrogens with two attached hydrogens (primary N) is 1. The minimum Gasteiger partial charge on any atom is -0.323 e. The van der Waals surface area contributed by atoms with Gasteiger partial charge < -0.3 is 5.43 Å². The van der Waals surface area contributed by atoms with Crippen LogP contribution in [-0.2, 0) is 6.42 Å². The first-order valence-electron chi connectivity index (χ1n) is 5.22. The molecule has 16 heavy (non-hydrogen) atoms. The maximum atomic E-state index is 6.19. The summed E-state index contributed by atoms with van der Waals surface area (Å²) in [6.45, 7) is 4.05. The highest BCUT2D eigenvalue weighted by atomic mass is 35.5. The summed E-state index contributed by atoms with van der Waals surface area (Å²) in [5, 5.41) is 1.63. The van der Waals surface area contributed by atoms with Crippen molar-refractivity contribution in [3.8, 4) is 0 Å². The third kappa shape index (κ3) is 1.84. The fourth-order valence-electron chi connectivity index (χ4n) is 1.77. The highest BCUT2D eigenvalue weighted by Gasteiger charge is 2.08. The molecular weight excluding hydrogens is 222 g/mol. The molecule has 0 amide bonds. The van der Waals surface area contributed by atoms with Crippen LogP contribution in [0.3, 0.4) is 0 Å². The Morgan fingerprint density at radius 1 is 1.38 bits per heavy atom. The lowest BCUT2D eigenvalue weighted by atomic mass is 10.1. The number of hydrazine groups is 1. The van der Waals surface area contributed by atoms with E-state index in [2.05, 4.69) is 17.3 Å². The van der Waals surface area contributed by atoms with E-state index in [1.165, 1.54) is 0 Å². The summed E-state index contributed by atoms with van der Waals surface area (Å²) in [5.41, 5.74) is 6.45. The van der Waals surface area contributed by atoms with Gasteiger partial charge in [-0.25, -0.2) is 0 Å². The number of aromatic nitrogens is 1. The van der Waals surface area contributed by atoms with Crippen molar-refractivity contribution in [1.29, 1.82) is 0 Å². The Morgan fingerprint density at radius 3 is 2.75 bits per heavy atom. The highest BCUT2D eigenvalue weighted by Crippen LogP contribution is 2.29. The molecule has 84 valence electrons. The molecule has 1 aromatic carbocycles. The minimum atomic E-state index is 0.668. The van der Waals surface area contributed by atoms with E-state index in [0.717, 1.165) is 34.3 Å². The van der Waals surface area contributed by atoms with Crippen LogP contribution in [0.15, 0.2) is 18.2 Å². The van der Waals surface area contributed by atoms with E-state index in [1.807, 2.05) is 25.1 Å². The summed E-state index contributed by atoms with van der Waals surface area (Å²) in [4.78, 5) is 4.52. The van der Waals surface area contributed by atoms with Gasteiger partial charge >= 0.3 is 0 Å². The number of pyridine rings is 1. The Kier molecular flexibility index (Phi) is 2.99. The number of nitrogens with zero attached hydrogens (tertiary/aromatic N) is 1. The molecule has 0 bridgehead atoms. The van der Waals surface area contributed by atoms with E-state index in [9.17, 15) is 0 Å². The first kappa shape index (κ1) is 11.2. The normalized spacial score (nSPS) is 10.8. The molecule has 0 saturated carbocycles. The monoisotopic (exact) mass is 235 g/mol. The number of hydrogen-bond acceptors (Lipinski definition) is 3. The maximum absolute atomic E-state index is 6.19. The van der Waals surface area contributed by atoms with Crippen LogP contribution in [0.25, 0.3) is 10.9 Å². The molecule has 0 spiro atoms. The van der Waals surface area contributed by atoms with E-state index < -0.39 is 0 Å². The average Bonchev–Trinajstić information content (AvgIpc) is 2.28. The molecule has 2 rings (SSSR count). The van der Waals surface area contributed by atoms with Gasteiger partial charge in [0.15, 0.2) is 0 Å². The smallest absolute Gasteiger partial charge is 0.0912 e. The largest absolute Gasteiger partial charge is 0.323 e. The summed E-state index contributed by atoms with van der Waals surface area (Å²) in [6.07, 6.45) is 0.856. The Balaban J connectivity index is 2.83. The van der Waals surface area contributed by atoms with Crippen LogP contribution in [0.2, 0.25) is 5.02 Å². The molecule has 0 fully saturated rings. The standard InChI is InChI=1S/C12H14ClN3/c1-3-8-6-11(16-14)9-4-7(2)5-10(13)12(9)15-8/h4-6H,3,14H2,1-2H3,(H,15,16). The molecular formula is C12H14ClN3. The molecule has 0 saturated heterocycles. The Hall–Kier alpha value is -1.32. The van der Waals surface area contributed by atoms with Gasteiger partial charge in [-0.05, 0) is 37.1 Å². The van der Waals surface area contributed by atoms with Gasteiger partial charge in [0, 0.05) is 11.1 Å². The third-order valence-electron chi connectivity index (χ3n) is 2.58. The quantitative estimate of drug-likeness (QED) is 0.621. The van der Waals surface area contributed by atoms with Crippen LogP contribution in [0.1, 0.15) is 18.2 Å². The van der Waals surface area contributed by atoms with Crippen molar-refractivity contribution < 1.29 is 0 Å². The zero-order valence-corrected chi connectivity index (χ0v) is 10.1. The molecule has 2 aromatic rings. The second kappa shape index (κ2) is 4.28. The summed E-state index contributed by atoms with van der Waals surface area (Å²) < 4.78 is 0. The van der Waals surface area contributed by atoms with Gasteiger partial charge in [0.1, 0.15) is 0 Å². The Morgan fingerprint density at radius 2 is 2.12 bits per heavy atom. The van der Waals surface area contributed by atoms with Crippen LogP contribution in [0.5, 0.6) is 0 Å². The number of anilines is 1. The molecule has 0 aliphatic heterocycles. The van der Waals surface area contributed by atoms with Crippen LogP contribution in [0, 0.1) is 6.92 Å². The number of nitrogens with one attached hydrogen (secondary N) is 1. The topological polar surface area (TPSA) is 50.9 Å². The first-order valence-corrected chi connectivity index (χ1v) is 5.60. The van der Waals surface area contributed by atoms with Crippen molar-refractivity contribution in [3.63, 3.8) is 0 Å². The van der Waals surface area contributed by atoms with E-state index in [0.29, 0.717) is 5.02 Å². The molecule has 0 aliphatic rings. The summed E-state index contributed by atoms with van der Waals surface area (Å²) >= 11 is 6.19. The highest BCUT2D eigenvalue weighted by molar-refractivity contribution is 6.35. The molecule has 1 heterocycles. The van der Waals surface area contributed by atoms with E-state index >= 15 is 0 Å². The minimum absolute atomic E-state index is 0.668. The average molecular weight is 236 g/mol. The van der Waals surface area contributed by atoms with Gasteiger partial charge in [0.2, 0.25) is 0 Å². The van der Waals surface area contributed by atoms with Crippen molar-refractivity contribution in [3.05, 3.63) is 34.5 Å². The van der Waals surface area contributed by atoms with Gasteiger partial charge in [-0.1, -0.05) is 18.5 Å². The lowest BCUT2D eigenvalue weighted by Crippen LogP contribution is -2.08. The van der Waals surface area contributed by atoms with Crippen LogP contribution >= 0.6 is 11.6 Å². The molecule has 0 radical (unpaired) electrons. The van der Waals surface area contributed by atoms with E-state index in [4.69, 9.17) is 17.4 Å². The lowest BCUT2D eigenvalue weighted by Gasteiger charge is -2.10. The number of benzene rings is 1. The SMILES string of the molecule is CCc1cc(NN)c2cc(C)cc(Cl)c2n1. The zero-order chi connectivity index (χ0) is 11.7. The second-order valence-corrected chi connectivity index (χ2v) is 4.21. The van der Waals surface area contributed by atoms with Crippen molar-refractivity contribution in [1.82, 2.24) is 4.98 Å². The molecule has 1 aromatic heterocycles. The van der Waals surface area contributed by atoms with Crippen LogP contribution in [0.4, 0.5) is 5.69 Å². The van der Waals surface area contributed by atoms with Crippen molar-refractivity contribution in [2.75, 3.05) is 5.43 Å². The molecule has 3 nitrogen and oxygen atoms in total. The van der Waals surface area contributed by atoms with Gasteiger partial charge in [-0.3, -0.25) is 10.8 Å². The zero-order valence-electron chi connectivity index (χ0n) is 9.34. The predicted molar refractivity (Wildman–Crippen MR) is 68.7 cm³/mol. The summed E-state index contributed by atoms with van der Waals surface area (Å²) in [7, 11) is 0. The number of halogens is 1. The van der Waals surface area contributed by atoms with Crippen molar-refractivity contribution >= 4 is 28.2 Å². The van der Waals surface area contributed by atoms with E-state index in [1.54, 1.807) is 0 Å².